The van der Waals surface area contributed by atoms with Crippen molar-refractivity contribution in [3.8, 4) is 5.75 Å². The van der Waals surface area contributed by atoms with E-state index in [1.165, 1.54) is 6.42 Å². The van der Waals surface area contributed by atoms with Gasteiger partial charge in [0.1, 0.15) is 17.8 Å². The zero-order valence-corrected chi connectivity index (χ0v) is 23.0. The highest BCUT2D eigenvalue weighted by Gasteiger charge is 2.48. The van der Waals surface area contributed by atoms with Gasteiger partial charge in [0, 0.05) is 41.5 Å². The van der Waals surface area contributed by atoms with Crippen molar-refractivity contribution in [1.29, 1.82) is 0 Å². The molecule has 8 nitrogen and oxygen atoms in total. The van der Waals surface area contributed by atoms with Gasteiger partial charge in [-0.2, -0.15) is 0 Å². The number of amides is 3. The van der Waals surface area contributed by atoms with Crippen LogP contribution in [0.4, 0.5) is 0 Å². The molecule has 1 aromatic heterocycles. The largest absolute Gasteiger partial charge is 0.497 e. The van der Waals surface area contributed by atoms with Crippen molar-refractivity contribution in [2.75, 3.05) is 13.7 Å². The van der Waals surface area contributed by atoms with Crippen LogP contribution in [-0.4, -0.2) is 53.3 Å². The summed E-state index contributed by atoms with van der Waals surface area (Å²) in [5, 5.41) is 7.20. The number of ether oxygens (including phenoxy) is 1. The average molecular weight is 523 g/mol. The van der Waals surface area contributed by atoms with Crippen LogP contribution < -0.4 is 15.4 Å². The minimum absolute atomic E-state index is 0.00776. The van der Waals surface area contributed by atoms with Crippen molar-refractivity contribution >= 4 is 28.6 Å². The van der Waals surface area contributed by atoms with Crippen molar-refractivity contribution in [3.05, 3.63) is 29.5 Å². The number of unbranched alkanes of at least 4 members (excludes halogenated alkanes) is 1. The maximum Gasteiger partial charge on any atom is 0.246 e. The number of carbonyl (C=O) groups excluding carboxylic acids is 3. The number of fused-ring (bicyclic) bond motifs is 4. The van der Waals surface area contributed by atoms with Crippen molar-refractivity contribution in [1.82, 2.24) is 20.5 Å². The Morgan fingerprint density at radius 2 is 1.95 bits per heavy atom. The van der Waals surface area contributed by atoms with E-state index in [1.807, 2.05) is 23.1 Å². The molecule has 1 aliphatic carbocycles. The Labute approximate surface area is 225 Å². The van der Waals surface area contributed by atoms with Gasteiger partial charge in [-0.15, -0.1) is 0 Å². The lowest BCUT2D eigenvalue weighted by molar-refractivity contribution is -0.154. The van der Waals surface area contributed by atoms with Crippen LogP contribution in [0.1, 0.15) is 88.9 Å². The Hall–Kier alpha value is -3.03. The zero-order valence-electron chi connectivity index (χ0n) is 23.0. The highest BCUT2D eigenvalue weighted by atomic mass is 16.5. The Morgan fingerprint density at radius 1 is 1.16 bits per heavy atom. The number of aromatic nitrogens is 1. The average Bonchev–Trinajstić information content (AvgIpc) is 3.28. The molecule has 5 rings (SSSR count). The molecular weight excluding hydrogens is 480 g/mol. The lowest BCUT2D eigenvalue weighted by atomic mass is 9.85. The number of benzene rings is 1. The summed E-state index contributed by atoms with van der Waals surface area (Å²) in [6.07, 6.45) is 8.95. The molecule has 0 bridgehead atoms. The SMILES string of the molecule is COc1ccc2c3c([nH]c2c1)[C@H](CC(C)C)N1C(=O)[C@H](CCCCNC(=O)C2CCCCC2)NC(=O)[C@@H]1C3. The van der Waals surface area contributed by atoms with Gasteiger partial charge in [-0.05, 0) is 62.1 Å². The van der Waals surface area contributed by atoms with E-state index in [1.54, 1.807) is 7.11 Å². The first-order valence-electron chi connectivity index (χ1n) is 14.5. The molecule has 1 saturated carbocycles. The molecule has 2 aromatic rings. The Kier molecular flexibility index (Phi) is 7.96. The standard InChI is InChI=1S/C30H42N4O4/c1-18(2)15-25-27-22(21-13-12-20(38-3)16-24(21)32-27)17-26-29(36)33-23(30(37)34(25)26)11-7-8-14-31-28(35)19-9-5-4-6-10-19/h12-13,16,18-19,23,25-26,32H,4-11,14-15,17H2,1-3H3,(H,31,35)(H,33,36)/t23-,25-,26-/m0/s1. The van der Waals surface area contributed by atoms with Crippen molar-refractivity contribution in [2.24, 2.45) is 11.8 Å². The molecule has 0 radical (unpaired) electrons. The second-order valence-corrected chi connectivity index (χ2v) is 11.7. The number of H-pyrrole nitrogens is 1. The van der Waals surface area contributed by atoms with Gasteiger partial charge in [-0.3, -0.25) is 14.4 Å². The third-order valence-electron chi connectivity index (χ3n) is 8.61. The van der Waals surface area contributed by atoms with E-state index in [0.717, 1.165) is 72.9 Å². The number of hydrogen-bond donors (Lipinski definition) is 3. The van der Waals surface area contributed by atoms with Crippen molar-refractivity contribution in [2.45, 2.75) is 96.2 Å². The van der Waals surface area contributed by atoms with E-state index in [9.17, 15) is 14.4 Å². The Morgan fingerprint density at radius 3 is 2.68 bits per heavy atom. The van der Waals surface area contributed by atoms with Gasteiger partial charge in [0.25, 0.3) is 0 Å². The number of hydrogen-bond acceptors (Lipinski definition) is 4. The minimum Gasteiger partial charge on any atom is -0.497 e. The van der Waals surface area contributed by atoms with Gasteiger partial charge in [-0.25, -0.2) is 0 Å². The quantitative estimate of drug-likeness (QED) is 0.425. The van der Waals surface area contributed by atoms with Crippen LogP contribution >= 0.6 is 0 Å². The number of carbonyl (C=O) groups is 3. The fourth-order valence-electron chi connectivity index (χ4n) is 6.64. The van der Waals surface area contributed by atoms with Crippen molar-refractivity contribution in [3.63, 3.8) is 0 Å². The summed E-state index contributed by atoms with van der Waals surface area (Å²) in [6.45, 7) is 4.93. The van der Waals surface area contributed by atoms with E-state index in [0.29, 0.717) is 25.3 Å². The van der Waals surface area contributed by atoms with Crippen LogP contribution in [0, 0.1) is 11.8 Å². The predicted octanol–water partition coefficient (Wildman–Crippen LogP) is 4.38. The summed E-state index contributed by atoms with van der Waals surface area (Å²) in [5.41, 5.74) is 3.15. The third-order valence-corrected chi connectivity index (χ3v) is 8.61. The van der Waals surface area contributed by atoms with Crippen LogP contribution in [0.3, 0.4) is 0 Å². The zero-order chi connectivity index (χ0) is 26.8. The summed E-state index contributed by atoms with van der Waals surface area (Å²) in [7, 11) is 1.65. The number of piperazine rings is 1. The lowest BCUT2D eigenvalue weighted by Crippen LogP contribution is -2.65. The van der Waals surface area contributed by atoms with Crippen LogP contribution in [0.15, 0.2) is 18.2 Å². The third kappa shape index (κ3) is 5.27. The molecule has 8 heteroatoms. The minimum atomic E-state index is -0.520. The van der Waals surface area contributed by atoms with E-state index in [-0.39, 0.29) is 29.7 Å². The van der Waals surface area contributed by atoms with Crippen LogP contribution in [0.2, 0.25) is 0 Å². The van der Waals surface area contributed by atoms with E-state index >= 15 is 0 Å². The van der Waals surface area contributed by atoms with Gasteiger partial charge in [0.2, 0.25) is 17.7 Å². The summed E-state index contributed by atoms with van der Waals surface area (Å²) in [4.78, 5) is 45.0. The van der Waals surface area contributed by atoms with E-state index < -0.39 is 12.1 Å². The molecule has 3 N–H and O–H groups in total. The smallest absolute Gasteiger partial charge is 0.246 e. The molecular formula is C30H42N4O4. The molecule has 38 heavy (non-hydrogen) atoms. The second kappa shape index (κ2) is 11.4. The molecule has 0 spiro atoms. The monoisotopic (exact) mass is 522 g/mol. The first-order chi connectivity index (χ1) is 18.4. The van der Waals surface area contributed by atoms with Crippen LogP contribution in [0.25, 0.3) is 10.9 Å². The summed E-state index contributed by atoms with van der Waals surface area (Å²) in [5.74, 6) is 1.41. The van der Waals surface area contributed by atoms with E-state index in [4.69, 9.17) is 4.74 Å². The van der Waals surface area contributed by atoms with Gasteiger partial charge in [0.15, 0.2) is 0 Å². The topological polar surface area (TPSA) is 104 Å². The molecule has 3 aliphatic rings. The first kappa shape index (κ1) is 26.6. The van der Waals surface area contributed by atoms with Crippen LogP contribution in [-0.2, 0) is 20.8 Å². The molecule has 2 aliphatic heterocycles. The number of aromatic amines is 1. The maximum absolute atomic E-state index is 13.8. The molecule has 0 unspecified atom stereocenters. The normalized spacial score (nSPS) is 23.8. The molecule has 3 amide bonds. The maximum atomic E-state index is 13.8. The highest BCUT2D eigenvalue weighted by Crippen LogP contribution is 2.42. The molecule has 1 aromatic carbocycles. The number of nitrogens with one attached hydrogen (secondary N) is 3. The number of methoxy groups -OCH3 is 1. The predicted molar refractivity (Wildman–Crippen MR) is 147 cm³/mol. The fraction of sp³-hybridized carbons (Fsp3) is 0.633. The Balaban J connectivity index is 1.27. The van der Waals surface area contributed by atoms with Gasteiger partial charge in [0.05, 0.1) is 13.2 Å². The second-order valence-electron chi connectivity index (χ2n) is 11.7. The molecule has 3 atom stereocenters. The molecule has 1 saturated heterocycles. The number of rotatable bonds is 9. The molecule has 3 heterocycles. The fourth-order valence-corrected chi connectivity index (χ4v) is 6.64. The molecule has 2 fully saturated rings. The number of nitrogens with zero attached hydrogens (tertiary/aromatic N) is 1. The van der Waals surface area contributed by atoms with Crippen LogP contribution in [0.5, 0.6) is 5.75 Å². The highest BCUT2D eigenvalue weighted by molar-refractivity contribution is 5.99. The van der Waals surface area contributed by atoms with Gasteiger partial charge >= 0.3 is 0 Å². The summed E-state index contributed by atoms with van der Waals surface area (Å²) >= 11 is 0. The summed E-state index contributed by atoms with van der Waals surface area (Å²) in [6, 6.07) is 4.79. The summed E-state index contributed by atoms with van der Waals surface area (Å²) < 4.78 is 5.42. The van der Waals surface area contributed by atoms with Gasteiger partial charge in [-0.1, -0.05) is 33.1 Å². The van der Waals surface area contributed by atoms with E-state index in [2.05, 4.69) is 29.5 Å². The lowest BCUT2D eigenvalue weighted by Gasteiger charge is -2.47. The van der Waals surface area contributed by atoms with Gasteiger partial charge < -0.3 is 25.3 Å². The first-order valence-corrected chi connectivity index (χ1v) is 14.5. The van der Waals surface area contributed by atoms with Crippen molar-refractivity contribution < 1.29 is 19.1 Å². The molecule has 206 valence electrons. The Bertz CT molecular complexity index is 1180.